The molecule has 3 aromatic heterocycles. The fourth-order valence-corrected chi connectivity index (χ4v) is 4.36. The highest BCUT2D eigenvalue weighted by atomic mass is 79.9. The Morgan fingerprint density at radius 2 is 2.21 bits per heavy atom. The van der Waals surface area contributed by atoms with E-state index in [0.29, 0.717) is 11.2 Å². The molecule has 1 atom stereocenters. The summed E-state index contributed by atoms with van der Waals surface area (Å²) < 4.78 is 1.02. The zero-order valence-corrected chi connectivity index (χ0v) is 13.7. The Bertz CT molecular complexity index is 806. The van der Waals surface area contributed by atoms with Crippen LogP contribution >= 0.6 is 50.2 Å². The predicted molar refractivity (Wildman–Crippen MR) is 85.5 cm³/mol. The smallest absolute Gasteiger partial charge is 0.260 e. The number of thiophene rings is 2. The number of hydrogen-bond donors (Lipinski definition) is 1. The van der Waals surface area contributed by atoms with Crippen LogP contribution in [0.4, 0.5) is 0 Å². The molecule has 0 aliphatic rings. The highest BCUT2D eigenvalue weighted by Crippen LogP contribution is 2.36. The van der Waals surface area contributed by atoms with Crippen molar-refractivity contribution in [3.05, 3.63) is 37.5 Å². The van der Waals surface area contributed by atoms with Crippen molar-refractivity contribution in [1.82, 2.24) is 9.97 Å². The fourth-order valence-electron chi connectivity index (χ4n) is 1.79. The average Bonchev–Trinajstić information content (AvgIpc) is 2.94. The lowest BCUT2D eigenvalue weighted by Gasteiger charge is -2.02. The summed E-state index contributed by atoms with van der Waals surface area (Å²) in [6.07, 6.45) is 0. The van der Waals surface area contributed by atoms with Gasteiger partial charge in [-0.15, -0.1) is 34.3 Å². The lowest BCUT2D eigenvalue weighted by molar-refractivity contribution is 0.917. The molecule has 3 rings (SSSR count). The van der Waals surface area contributed by atoms with Crippen LogP contribution in [0.2, 0.25) is 0 Å². The molecular formula is C12H8BrClN2OS2. The predicted octanol–water partition coefficient (Wildman–Crippen LogP) is 4.78. The second-order valence-corrected chi connectivity index (χ2v) is 7.37. The molecule has 0 radical (unpaired) electrons. The van der Waals surface area contributed by atoms with Gasteiger partial charge in [0.05, 0.1) is 10.8 Å². The number of aromatic nitrogens is 2. The Labute approximate surface area is 130 Å². The topological polar surface area (TPSA) is 45.8 Å². The first kappa shape index (κ1) is 13.3. The van der Waals surface area contributed by atoms with Crippen molar-refractivity contribution in [3.63, 3.8) is 0 Å². The van der Waals surface area contributed by atoms with E-state index in [4.69, 9.17) is 11.6 Å². The van der Waals surface area contributed by atoms with Crippen LogP contribution in [0.25, 0.3) is 20.7 Å². The van der Waals surface area contributed by atoms with E-state index in [1.807, 2.05) is 16.8 Å². The second-order valence-electron chi connectivity index (χ2n) is 4.03. The minimum Gasteiger partial charge on any atom is -0.309 e. The van der Waals surface area contributed by atoms with E-state index in [1.165, 1.54) is 11.3 Å². The van der Waals surface area contributed by atoms with Crippen LogP contribution < -0.4 is 5.56 Å². The maximum absolute atomic E-state index is 12.2. The van der Waals surface area contributed by atoms with Crippen molar-refractivity contribution < 1.29 is 0 Å². The zero-order valence-electron chi connectivity index (χ0n) is 9.74. The van der Waals surface area contributed by atoms with Crippen molar-refractivity contribution in [3.8, 4) is 10.4 Å². The summed E-state index contributed by atoms with van der Waals surface area (Å²) in [6.45, 7) is 1.79. The SMILES string of the molecule is CC(Cl)c1nc2scc(-c3cc(Br)cs3)c2c(=O)[nH]1. The van der Waals surface area contributed by atoms with Crippen LogP contribution in [0.5, 0.6) is 0 Å². The van der Waals surface area contributed by atoms with Gasteiger partial charge in [-0.05, 0) is 28.9 Å². The number of H-pyrrole nitrogens is 1. The number of nitrogens with zero attached hydrogens (tertiary/aromatic N) is 1. The molecule has 0 spiro atoms. The Hall–Kier alpha value is -0.690. The van der Waals surface area contributed by atoms with Crippen molar-refractivity contribution in [1.29, 1.82) is 0 Å². The number of nitrogens with one attached hydrogen (secondary N) is 1. The van der Waals surface area contributed by atoms with Crippen LogP contribution in [0.15, 0.2) is 26.1 Å². The van der Waals surface area contributed by atoms with Crippen LogP contribution in [-0.2, 0) is 0 Å². The largest absolute Gasteiger partial charge is 0.309 e. The Morgan fingerprint density at radius 3 is 2.84 bits per heavy atom. The van der Waals surface area contributed by atoms with E-state index in [1.54, 1.807) is 18.3 Å². The van der Waals surface area contributed by atoms with Gasteiger partial charge < -0.3 is 4.98 Å². The van der Waals surface area contributed by atoms with Gasteiger partial charge in [0.15, 0.2) is 0 Å². The van der Waals surface area contributed by atoms with E-state index in [-0.39, 0.29) is 10.9 Å². The number of fused-ring (bicyclic) bond motifs is 1. The zero-order chi connectivity index (χ0) is 13.6. The van der Waals surface area contributed by atoms with Crippen molar-refractivity contribution in [2.24, 2.45) is 0 Å². The molecule has 0 saturated heterocycles. The average molecular weight is 376 g/mol. The summed E-state index contributed by atoms with van der Waals surface area (Å²) in [6, 6.07) is 2.00. The number of hydrogen-bond acceptors (Lipinski definition) is 4. The van der Waals surface area contributed by atoms with E-state index in [0.717, 1.165) is 19.7 Å². The minimum absolute atomic E-state index is 0.131. The van der Waals surface area contributed by atoms with Crippen LogP contribution in [0.3, 0.4) is 0 Å². The molecule has 98 valence electrons. The van der Waals surface area contributed by atoms with E-state index in [9.17, 15) is 4.79 Å². The summed E-state index contributed by atoms with van der Waals surface area (Å²) >= 11 is 12.5. The lowest BCUT2D eigenvalue weighted by Crippen LogP contribution is -2.11. The molecule has 1 unspecified atom stereocenters. The van der Waals surface area contributed by atoms with E-state index < -0.39 is 0 Å². The van der Waals surface area contributed by atoms with Gasteiger partial charge >= 0.3 is 0 Å². The standard InChI is InChI=1S/C12H8BrClN2OS2/c1-5(14)10-15-11(17)9-7(4-19-12(9)16-10)8-2-6(13)3-18-8/h2-5H,1H3,(H,15,16,17). The summed E-state index contributed by atoms with van der Waals surface area (Å²) in [5.41, 5.74) is 0.798. The molecule has 19 heavy (non-hydrogen) atoms. The first-order valence-corrected chi connectivity index (χ1v) is 8.45. The highest BCUT2D eigenvalue weighted by Gasteiger charge is 2.15. The normalized spacial score (nSPS) is 13.0. The van der Waals surface area contributed by atoms with Crippen LogP contribution in [0.1, 0.15) is 18.1 Å². The van der Waals surface area contributed by atoms with Gasteiger partial charge in [0, 0.05) is 25.7 Å². The molecule has 0 aliphatic carbocycles. The molecular weight excluding hydrogens is 368 g/mol. The van der Waals surface area contributed by atoms with Crippen LogP contribution in [0, 0.1) is 0 Å². The van der Waals surface area contributed by atoms with Gasteiger partial charge in [0.2, 0.25) is 0 Å². The quantitative estimate of drug-likeness (QED) is 0.655. The number of halogens is 2. The van der Waals surface area contributed by atoms with Crippen molar-refractivity contribution >= 4 is 60.4 Å². The maximum atomic E-state index is 12.2. The molecule has 0 fully saturated rings. The van der Waals surface area contributed by atoms with Gasteiger partial charge in [0.25, 0.3) is 5.56 Å². The van der Waals surface area contributed by atoms with Crippen molar-refractivity contribution in [2.75, 3.05) is 0 Å². The lowest BCUT2D eigenvalue weighted by atomic mass is 10.2. The third-order valence-corrected chi connectivity index (χ3v) is 5.48. The molecule has 3 aromatic rings. The molecule has 0 amide bonds. The molecule has 0 bridgehead atoms. The molecule has 7 heteroatoms. The number of aromatic amines is 1. The molecule has 0 aromatic carbocycles. The Morgan fingerprint density at radius 1 is 1.42 bits per heavy atom. The van der Waals surface area contributed by atoms with Crippen LogP contribution in [-0.4, -0.2) is 9.97 Å². The third-order valence-electron chi connectivity index (χ3n) is 2.67. The monoisotopic (exact) mass is 374 g/mol. The van der Waals surface area contributed by atoms with E-state index in [2.05, 4.69) is 25.9 Å². The van der Waals surface area contributed by atoms with Gasteiger partial charge in [-0.1, -0.05) is 0 Å². The molecule has 0 saturated carbocycles. The number of rotatable bonds is 2. The highest BCUT2D eigenvalue weighted by molar-refractivity contribution is 9.10. The fraction of sp³-hybridized carbons (Fsp3) is 0.167. The Kier molecular flexibility index (Phi) is 3.51. The molecule has 3 nitrogen and oxygen atoms in total. The molecule has 3 heterocycles. The first-order chi connectivity index (χ1) is 9.06. The second kappa shape index (κ2) is 5.01. The van der Waals surface area contributed by atoms with Gasteiger partial charge in [-0.2, -0.15) is 0 Å². The summed E-state index contributed by atoms with van der Waals surface area (Å²) in [4.78, 5) is 21.2. The van der Waals surface area contributed by atoms with Gasteiger partial charge in [-0.3, -0.25) is 4.79 Å². The van der Waals surface area contributed by atoms with Gasteiger partial charge in [0.1, 0.15) is 10.7 Å². The molecule has 0 aliphatic heterocycles. The van der Waals surface area contributed by atoms with Gasteiger partial charge in [-0.25, -0.2) is 4.98 Å². The van der Waals surface area contributed by atoms with Crippen molar-refractivity contribution in [2.45, 2.75) is 12.3 Å². The van der Waals surface area contributed by atoms with E-state index >= 15 is 0 Å². The minimum atomic E-state index is -0.307. The third kappa shape index (κ3) is 2.38. The number of alkyl halides is 1. The Balaban J connectivity index is 2.27. The maximum Gasteiger partial charge on any atom is 0.260 e. The summed E-state index contributed by atoms with van der Waals surface area (Å²) in [5, 5.41) is 4.29. The summed E-state index contributed by atoms with van der Waals surface area (Å²) in [5.74, 6) is 0.514. The molecule has 1 N–H and O–H groups in total. The first-order valence-electron chi connectivity index (χ1n) is 5.46. The summed E-state index contributed by atoms with van der Waals surface area (Å²) in [7, 11) is 0.